The largest absolute Gasteiger partial charge is 0.466 e. The number of hydrogen-bond donors (Lipinski definition) is 1. The molecule has 28 heavy (non-hydrogen) atoms. The Morgan fingerprint density at radius 3 is 2.46 bits per heavy atom. The molecule has 2 saturated heterocycles. The van der Waals surface area contributed by atoms with Crippen LogP contribution in [-0.2, 0) is 28.5 Å². The Hall–Kier alpha value is -1.68. The molecule has 2 aliphatic heterocycles. The number of carbonyl (C=O) groups excluding carboxylic acids is 2. The Bertz CT molecular complexity index is 624. The van der Waals surface area contributed by atoms with Crippen molar-refractivity contribution in [1.29, 1.82) is 0 Å². The van der Waals surface area contributed by atoms with Gasteiger partial charge in [0.25, 0.3) is 0 Å². The van der Waals surface area contributed by atoms with Crippen molar-refractivity contribution in [2.75, 3.05) is 20.8 Å². The van der Waals surface area contributed by atoms with E-state index >= 15 is 0 Å². The maximum atomic E-state index is 12.8. The molecule has 2 rings (SSSR count). The molecule has 1 N–H and O–H groups in total. The molecule has 0 aromatic heterocycles. The van der Waals surface area contributed by atoms with Crippen LogP contribution in [0, 0.1) is 0 Å². The Balaban J connectivity index is 2.31. The molecule has 0 radical (unpaired) electrons. The molecule has 9 nitrogen and oxygen atoms in total. The van der Waals surface area contributed by atoms with E-state index in [0.717, 1.165) is 0 Å². The first-order valence-electron chi connectivity index (χ1n) is 9.20. The highest BCUT2D eigenvalue weighted by molar-refractivity contribution is 5.82. The predicted molar refractivity (Wildman–Crippen MR) is 98.3 cm³/mol. The van der Waals surface area contributed by atoms with Crippen molar-refractivity contribution in [1.82, 2.24) is 4.90 Å². The molecule has 0 unspecified atom stereocenters. The standard InChI is InChI=1S/C19H31NO8/c1-18(2,3)28-17(23)20-12(10-26-19(20,4)5)13-8-11(9-14(21)24-6)15(22)16(25-7)27-13/h9,12-13,15-16,22H,8,10H2,1-7H3/b11-9+/t12-,13+,15-,16-/m0/s1. The van der Waals surface area contributed by atoms with E-state index in [1.54, 1.807) is 34.6 Å². The van der Waals surface area contributed by atoms with Gasteiger partial charge in [-0.25, -0.2) is 9.59 Å². The van der Waals surface area contributed by atoms with Gasteiger partial charge in [0.05, 0.1) is 25.9 Å². The first-order chi connectivity index (χ1) is 12.9. The smallest absolute Gasteiger partial charge is 0.412 e. The summed E-state index contributed by atoms with van der Waals surface area (Å²) in [5.74, 6) is -0.587. The second kappa shape index (κ2) is 8.36. The van der Waals surface area contributed by atoms with Crippen molar-refractivity contribution in [3.05, 3.63) is 11.6 Å². The van der Waals surface area contributed by atoms with E-state index in [-0.39, 0.29) is 13.0 Å². The van der Waals surface area contributed by atoms with E-state index in [0.29, 0.717) is 5.57 Å². The summed E-state index contributed by atoms with van der Waals surface area (Å²) in [5.41, 5.74) is -1.17. The molecule has 9 heteroatoms. The summed E-state index contributed by atoms with van der Waals surface area (Å²) in [5, 5.41) is 10.4. The number of methoxy groups -OCH3 is 2. The van der Waals surface area contributed by atoms with Gasteiger partial charge in [0.15, 0.2) is 6.29 Å². The topological polar surface area (TPSA) is 104 Å². The predicted octanol–water partition coefficient (Wildman–Crippen LogP) is 1.58. The Kier molecular flexibility index (Phi) is 6.75. The average molecular weight is 401 g/mol. The zero-order chi connectivity index (χ0) is 21.3. The second-order valence-electron chi connectivity index (χ2n) is 8.35. The zero-order valence-corrected chi connectivity index (χ0v) is 17.6. The van der Waals surface area contributed by atoms with Gasteiger partial charge in [-0.05, 0) is 40.2 Å². The van der Waals surface area contributed by atoms with Crippen molar-refractivity contribution in [2.45, 2.75) is 76.9 Å². The van der Waals surface area contributed by atoms with Crippen LogP contribution in [0.3, 0.4) is 0 Å². The molecule has 0 saturated carbocycles. The molecule has 0 spiro atoms. The summed E-state index contributed by atoms with van der Waals surface area (Å²) in [4.78, 5) is 26.0. The normalized spacial score (nSPS) is 31.7. The molecule has 0 aliphatic carbocycles. The first-order valence-corrected chi connectivity index (χ1v) is 9.20. The van der Waals surface area contributed by atoms with Gasteiger partial charge < -0.3 is 28.8 Å². The van der Waals surface area contributed by atoms with E-state index in [2.05, 4.69) is 4.74 Å². The molecule has 1 amide bonds. The molecular formula is C19H31NO8. The van der Waals surface area contributed by atoms with Gasteiger partial charge in [0, 0.05) is 19.6 Å². The summed E-state index contributed by atoms with van der Waals surface area (Å²) < 4.78 is 27.1. The van der Waals surface area contributed by atoms with Crippen LogP contribution in [0.1, 0.15) is 41.0 Å². The van der Waals surface area contributed by atoms with E-state index in [4.69, 9.17) is 18.9 Å². The van der Waals surface area contributed by atoms with Crippen LogP contribution in [0.4, 0.5) is 4.79 Å². The number of esters is 1. The summed E-state index contributed by atoms with van der Waals surface area (Å²) in [6.07, 6.45) is -1.77. The highest BCUT2D eigenvalue weighted by atomic mass is 16.7. The number of aliphatic hydroxyl groups is 1. The molecule has 160 valence electrons. The van der Waals surface area contributed by atoms with Crippen molar-refractivity contribution >= 4 is 12.1 Å². The van der Waals surface area contributed by atoms with Crippen molar-refractivity contribution in [3.8, 4) is 0 Å². The maximum Gasteiger partial charge on any atom is 0.412 e. The fourth-order valence-electron chi connectivity index (χ4n) is 3.36. The second-order valence-corrected chi connectivity index (χ2v) is 8.35. The molecule has 0 aromatic rings. The van der Waals surface area contributed by atoms with Gasteiger partial charge in [0.1, 0.15) is 17.4 Å². The maximum absolute atomic E-state index is 12.8. The molecule has 4 atom stereocenters. The lowest BCUT2D eigenvalue weighted by atomic mass is 9.93. The quantitative estimate of drug-likeness (QED) is 0.562. The molecule has 2 fully saturated rings. The Morgan fingerprint density at radius 2 is 1.93 bits per heavy atom. The van der Waals surface area contributed by atoms with Gasteiger partial charge in [-0.1, -0.05) is 0 Å². The van der Waals surface area contributed by atoms with Crippen LogP contribution in [0.15, 0.2) is 11.6 Å². The lowest BCUT2D eigenvalue weighted by Crippen LogP contribution is -2.56. The zero-order valence-electron chi connectivity index (χ0n) is 17.6. The SMILES string of the molecule is COC(=O)/C=C1\C[C@H]([C@@H]2COC(C)(C)N2C(=O)OC(C)(C)C)O[C@H](OC)[C@H]1O. The van der Waals surface area contributed by atoms with Gasteiger partial charge in [-0.3, -0.25) is 4.90 Å². The average Bonchev–Trinajstić information content (AvgIpc) is 2.90. The third kappa shape index (κ3) is 5.02. The molecule has 2 heterocycles. The van der Waals surface area contributed by atoms with Crippen LogP contribution in [-0.4, -0.2) is 78.8 Å². The van der Waals surface area contributed by atoms with Crippen LogP contribution >= 0.6 is 0 Å². The first kappa shape index (κ1) is 22.6. The van der Waals surface area contributed by atoms with Crippen molar-refractivity contribution in [3.63, 3.8) is 0 Å². The molecular weight excluding hydrogens is 370 g/mol. The number of ether oxygens (including phenoxy) is 5. The van der Waals surface area contributed by atoms with E-state index in [9.17, 15) is 14.7 Å². The minimum atomic E-state index is -1.12. The van der Waals surface area contributed by atoms with Crippen molar-refractivity contribution < 1.29 is 38.4 Å². The number of rotatable bonds is 3. The van der Waals surface area contributed by atoms with Crippen LogP contribution < -0.4 is 0 Å². The van der Waals surface area contributed by atoms with Gasteiger partial charge in [-0.15, -0.1) is 0 Å². The Labute approximate surface area is 165 Å². The highest BCUT2D eigenvalue weighted by Crippen LogP contribution is 2.36. The molecule has 2 aliphatic rings. The van der Waals surface area contributed by atoms with E-state index in [1.165, 1.54) is 25.2 Å². The summed E-state index contributed by atoms with van der Waals surface area (Å²) in [6.45, 7) is 9.12. The van der Waals surface area contributed by atoms with Gasteiger partial charge in [-0.2, -0.15) is 0 Å². The van der Waals surface area contributed by atoms with Gasteiger partial charge in [0.2, 0.25) is 0 Å². The third-order valence-corrected chi connectivity index (χ3v) is 4.66. The monoisotopic (exact) mass is 401 g/mol. The lowest BCUT2D eigenvalue weighted by molar-refractivity contribution is -0.221. The summed E-state index contributed by atoms with van der Waals surface area (Å²) >= 11 is 0. The summed E-state index contributed by atoms with van der Waals surface area (Å²) in [6, 6.07) is -0.490. The van der Waals surface area contributed by atoms with Crippen LogP contribution in [0.25, 0.3) is 0 Å². The minimum absolute atomic E-state index is 0.208. The van der Waals surface area contributed by atoms with E-state index < -0.39 is 47.9 Å². The minimum Gasteiger partial charge on any atom is -0.466 e. The molecule has 0 aromatic carbocycles. The van der Waals surface area contributed by atoms with E-state index in [1.807, 2.05) is 0 Å². The number of nitrogens with zero attached hydrogens (tertiary/aromatic N) is 1. The lowest BCUT2D eigenvalue weighted by Gasteiger charge is -2.41. The fraction of sp³-hybridized carbons (Fsp3) is 0.789. The Morgan fingerprint density at radius 1 is 1.29 bits per heavy atom. The van der Waals surface area contributed by atoms with Crippen LogP contribution in [0.5, 0.6) is 0 Å². The van der Waals surface area contributed by atoms with Gasteiger partial charge >= 0.3 is 12.1 Å². The number of hydrogen-bond acceptors (Lipinski definition) is 8. The number of amides is 1. The van der Waals surface area contributed by atoms with Crippen molar-refractivity contribution in [2.24, 2.45) is 0 Å². The summed E-state index contributed by atoms with van der Waals surface area (Å²) in [7, 11) is 2.65. The fourth-order valence-corrected chi connectivity index (χ4v) is 3.36. The number of aliphatic hydroxyl groups excluding tert-OH is 1. The number of carbonyl (C=O) groups is 2. The highest BCUT2D eigenvalue weighted by Gasteiger charge is 2.51. The van der Waals surface area contributed by atoms with Crippen LogP contribution in [0.2, 0.25) is 0 Å². The third-order valence-electron chi connectivity index (χ3n) is 4.66. The molecule has 0 bridgehead atoms.